The molecule has 1 aliphatic heterocycles. The standard InChI is InChI=1S/C26H27ClN2O6/c1-3-33-26(32)25(18-4-6-19(27)7-5-18)29-12-10-28(11-13-29)23(30)16-34-20-8-9-21-17(2)14-24(31)35-22(21)15-20/h4-9,14-15,25H,3,10-13,16H2,1-2H3. The molecule has 0 N–H and O–H groups in total. The summed E-state index contributed by atoms with van der Waals surface area (Å²) in [7, 11) is 0. The summed E-state index contributed by atoms with van der Waals surface area (Å²) in [6.07, 6.45) is 0. The number of rotatable bonds is 7. The molecule has 0 saturated carbocycles. The number of carbonyl (C=O) groups excluding carboxylic acids is 2. The Morgan fingerprint density at radius 2 is 1.77 bits per heavy atom. The van der Waals surface area contributed by atoms with Crippen molar-refractivity contribution in [2.24, 2.45) is 0 Å². The first-order valence-corrected chi connectivity index (χ1v) is 11.8. The average Bonchev–Trinajstić information content (AvgIpc) is 2.84. The van der Waals surface area contributed by atoms with E-state index in [9.17, 15) is 14.4 Å². The maximum Gasteiger partial charge on any atom is 0.336 e. The number of nitrogens with zero attached hydrogens (tertiary/aromatic N) is 2. The van der Waals surface area contributed by atoms with Crippen LogP contribution in [0.25, 0.3) is 11.0 Å². The molecule has 1 fully saturated rings. The smallest absolute Gasteiger partial charge is 0.336 e. The zero-order valence-electron chi connectivity index (χ0n) is 19.7. The number of benzene rings is 2. The number of ether oxygens (including phenoxy) is 2. The van der Waals surface area contributed by atoms with E-state index in [0.717, 1.165) is 16.5 Å². The van der Waals surface area contributed by atoms with Crippen LogP contribution in [0.5, 0.6) is 5.75 Å². The van der Waals surface area contributed by atoms with Crippen LogP contribution in [-0.2, 0) is 14.3 Å². The van der Waals surface area contributed by atoms with Gasteiger partial charge in [0, 0.05) is 48.7 Å². The van der Waals surface area contributed by atoms with Crippen molar-refractivity contribution in [2.75, 3.05) is 39.4 Å². The summed E-state index contributed by atoms with van der Waals surface area (Å²) in [5, 5.41) is 1.41. The summed E-state index contributed by atoms with van der Waals surface area (Å²) in [5.74, 6) is -0.0332. The molecular weight excluding hydrogens is 472 g/mol. The van der Waals surface area contributed by atoms with Crippen molar-refractivity contribution in [3.05, 3.63) is 75.1 Å². The molecule has 1 atom stereocenters. The van der Waals surface area contributed by atoms with E-state index in [0.29, 0.717) is 42.5 Å². The number of amides is 1. The van der Waals surface area contributed by atoms with Gasteiger partial charge in [0.05, 0.1) is 6.61 Å². The second-order valence-electron chi connectivity index (χ2n) is 8.32. The summed E-state index contributed by atoms with van der Waals surface area (Å²) in [6.45, 7) is 5.70. The number of hydrogen-bond donors (Lipinski definition) is 0. The van der Waals surface area contributed by atoms with Crippen molar-refractivity contribution in [1.29, 1.82) is 0 Å². The van der Waals surface area contributed by atoms with Gasteiger partial charge in [0.2, 0.25) is 0 Å². The highest BCUT2D eigenvalue weighted by Gasteiger charge is 2.32. The number of piperazine rings is 1. The zero-order valence-corrected chi connectivity index (χ0v) is 20.4. The third-order valence-electron chi connectivity index (χ3n) is 6.01. The molecule has 0 bridgehead atoms. The molecule has 0 aliphatic carbocycles. The lowest BCUT2D eigenvalue weighted by Crippen LogP contribution is -2.52. The third-order valence-corrected chi connectivity index (χ3v) is 6.26. The molecule has 2 heterocycles. The van der Waals surface area contributed by atoms with Crippen LogP contribution >= 0.6 is 11.6 Å². The molecule has 1 unspecified atom stereocenters. The third kappa shape index (κ3) is 5.83. The molecule has 9 heteroatoms. The van der Waals surface area contributed by atoms with E-state index in [1.54, 1.807) is 42.2 Å². The summed E-state index contributed by atoms with van der Waals surface area (Å²) in [5.41, 5.74) is 1.60. The van der Waals surface area contributed by atoms with Crippen molar-refractivity contribution in [3.63, 3.8) is 0 Å². The van der Waals surface area contributed by atoms with Crippen LogP contribution < -0.4 is 10.4 Å². The predicted octanol–water partition coefficient (Wildman–Crippen LogP) is 3.58. The summed E-state index contributed by atoms with van der Waals surface area (Å²) in [6, 6.07) is 13.2. The summed E-state index contributed by atoms with van der Waals surface area (Å²) >= 11 is 6.01. The molecule has 1 aromatic heterocycles. The minimum atomic E-state index is -0.559. The Kier molecular flexibility index (Phi) is 7.73. The zero-order chi connectivity index (χ0) is 24.9. The van der Waals surface area contributed by atoms with Crippen molar-refractivity contribution in [3.8, 4) is 5.75 Å². The quantitative estimate of drug-likeness (QED) is 0.363. The molecule has 0 spiro atoms. The number of fused-ring (bicyclic) bond motifs is 1. The van der Waals surface area contributed by atoms with Gasteiger partial charge in [0.1, 0.15) is 17.4 Å². The monoisotopic (exact) mass is 498 g/mol. The van der Waals surface area contributed by atoms with E-state index >= 15 is 0 Å². The van der Waals surface area contributed by atoms with Crippen LogP contribution in [0.2, 0.25) is 5.02 Å². The molecule has 4 rings (SSSR count). The number of halogens is 1. The Morgan fingerprint density at radius 1 is 1.06 bits per heavy atom. The van der Waals surface area contributed by atoms with E-state index in [-0.39, 0.29) is 25.1 Å². The Balaban J connectivity index is 1.37. The second-order valence-corrected chi connectivity index (χ2v) is 8.75. The van der Waals surface area contributed by atoms with E-state index < -0.39 is 11.7 Å². The highest BCUT2D eigenvalue weighted by atomic mass is 35.5. The fourth-order valence-electron chi connectivity index (χ4n) is 4.22. The number of esters is 1. The van der Waals surface area contributed by atoms with Gasteiger partial charge in [-0.2, -0.15) is 0 Å². The molecule has 1 saturated heterocycles. The van der Waals surface area contributed by atoms with Crippen LogP contribution in [0.4, 0.5) is 0 Å². The van der Waals surface area contributed by atoms with Crippen LogP contribution in [0.3, 0.4) is 0 Å². The highest BCUT2D eigenvalue weighted by Crippen LogP contribution is 2.26. The number of carbonyl (C=O) groups is 2. The van der Waals surface area contributed by atoms with Gasteiger partial charge < -0.3 is 18.8 Å². The van der Waals surface area contributed by atoms with Gasteiger partial charge in [-0.25, -0.2) is 9.59 Å². The lowest BCUT2D eigenvalue weighted by Gasteiger charge is -2.38. The molecular formula is C26H27ClN2O6. The van der Waals surface area contributed by atoms with E-state index in [4.69, 9.17) is 25.5 Å². The Labute approximate surface area is 208 Å². The van der Waals surface area contributed by atoms with Gasteiger partial charge in [-0.1, -0.05) is 23.7 Å². The van der Waals surface area contributed by atoms with Gasteiger partial charge >= 0.3 is 11.6 Å². The van der Waals surface area contributed by atoms with Gasteiger partial charge in [-0.05, 0) is 49.2 Å². The van der Waals surface area contributed by atoms with Crippen molar-refractivity contribution in [1.82, 2.24) is 9.80 Å². The maximum atomic E-state index is 12.8. The fourth-order valence-corrected chi connectivity index (χ4v) is 4.35. The predicted molar refractivity (Wildman–Crippen MR) is 132 cm³/mol. The first-order chi connectivity index (χ1) is 16.9. The minimum absolute atomic E-state index is 0.139. The van der Waals surface area contributed by atoms with Gasteiger partial charge in [0.15, 0.2) is 6.61 Å². The van der Waals surface area contributed by atoms with Crippen LogP contribution in [0.15, 0.2) is 57.7 Å². The lowest BCUT2D eigenvalue weighted by atomic mass is 10.0. The SMILES string of the molecule is CCOC(=O)C(c1ccc(Cl)cc1)N1CCN(C(=O)COc2ccc3c(C)cc(=O)oc3c2)CC1. The van der Waals surface area contributed by atoms with E-state index in [1.807, 2.05) is 24.0 Å². The molecule has 1 amide bonds. The molecule has 3 aromatic rings. The van der Waals surface area contributed by atoms with Crippen LogP contribution in [0, 0.1) is 6.92 Å². The summed E-state index contributed by atoms with van der Waals surface area (Å²) < 4.78 is 16.2. The van der Waals surface area contributed by atoms with Crippen LogP contribution in [0.1, 0.15) is 24.1 Å². The Hall–Kier alpha value is -3.36. The largest absolute Gasteiger partial charge is 0.484 e. The van der Waals surface area contributed by atoms with Gasteiger partial charge in [-0.3, -0.25) is 9.69 Å². The number of aryl methyl sites for hydroxylation is 1. The lowest BCUT2D eigenvalue weighted by molar-refractivity contribution is -0.151. The minimum Gasteiger partial charge on any atom is -0.484 e. The second kappa shape index (κ2) is 10.9. The topological polar surface area (TPSA) is 89.3 Å². The molecule has 0 radical (unpaired) electrons. The van der Waals surface area contributed by atoms with E-state index in [2.05, 4.69) is 0 Å². The summed E-state index contributed by atoms with van der Waals surface area (Å²) in [4.78, 5) is 40.8. The van der Waals surface area contributed by atoms with Crippen molar-refractivity contribution in [2.45, 2.75) is 19.9 Å². The first kappa shape index (κ1) is 24.8. The highest BCUT2D eigenvalue weighted by molar-refractivity contribution is 6.30. The Bertz CT molecular complexity index is 1270. The molecule has 35 heavy (non-hydrogen) atoms. The van der Waals surface area contributed by atoms with Gasteiger partial charge in [-0.15, -0.1) is 0 Å². The molecule has 8 nitrogen and oxygen atoms in total. The van der Waals surface area contributed by atoms with E-state index in [1.165, 1.54) is 6.07 Å². The Morgan fingerprint density at radius 3 is 2.46 bits per heavy atom. The maximum absolute atomic E-state index is 12.8. The molecule has 1 aliphatic rings. The van der Waals surface area contributed by atoms with Crippen molar-refractivity contribution >= 4 is 34.4 Å². The molecule has 184 valence electrons. The molecule has 2 aromatic carbocycles. The average molecular weight is 499 g/mol. The normalized spacial score (nSPS) is 15.1. The van der Waals surface area contributed by atoms with Gasteiger partial charge in [0.25, 0.3) is 5.91 Å². The van der Waals surface area contributed by atoms with Crippen LogP contribution in [-0.4, -0.2) is 61.1 Å². The number of hydrogen-bond acceptors (Lipinski definition) is 7. The van der Waals surface area contributed by atoms with Crippen molar-refractivity contribution < 1.29 is 23.5 Å². The fraction of sp³-hybridized carbons (Fsp3) is 0.346. The first-order valence-electron chi connectivity index (χ1n) is 11.5.